The lowest BCUT2D eigenvalue weighted by Gasteiger charge is -2.29. The first-order valence-corrected chi connectivity index (χ1v) is 7.27. The number of benzene rings is 1. The second kappa shape index (κ2) is 4.31. The van der Waals surface area contributed by atoms with E-state index < -0.39 is 10.0 Å². The molecule has 0 spiro atoms. The zero-order chi connectivity index (χ0) is 12.6. The predicted octanol–water partition coefficient (Wildman–Crippen LogP) is 2.08. The monoisotopic (exact) mass is 273 g/mol. The van der Waals surface area contributed by atoms with Gasteiger partial charge in [-0.05, 0) is 25.1 Å². The van der Waals surface area contributed by atoms with E-state index in [9.17, 15) is 13.2 Å². The van der Waals surface area contributed by atoms with Gasteiger partial charge in [-0.1, -0.05) is 11.6 Å². The molecule has 2 rings (SSSR count). The Hall–Kier alpha value is -1.07. The molecule has 0 saturated heterocycles. The van der Waals surface area contributed by atoms with Crippen molar-refractivity contribution in [3.63, 3.8) is 0 Å². The highest BCUT2D eigenvalue weighted by atomic mass is 35.5. The number of halogens is 1. The van der Waals surface area contributed by atoms with E-state index in [1.54, 1.807) is 19.1 Å². The summed E-state index contributed by atoms with van der Waals surface area (Å²) in [6.45, 7) is 1.80. The molecule has 0 aliphatic carbocycles. The number of hydrogen-bond acceptors (Lipinski definition) is 3. The van der Waals surface area contributed by atoms with Crippen molar-refractivity contribution in [1.29, 1.82) is 0 Å². The molecule has 6 heteroatoms. The van der Waals surface area contributed by atoms with Gasteiger partial charge in [0.25, 0.3) is 0 Å². The number of hydrogen-bond donors (Lipinski definition) is 0. The lowest BCUT2D eigenvalue weighted by molar-refractivity contribution is 0.0982. The van der Waals surface area contributed by atoms with E-state index >= 15 is 0 Å². The van der Waals surface area contributed by atoms with Crippen LogP contribution in [0.1, 0.15) is 23.7 Å². The van der Waals surface area contributed by atoms with Crippen LogP contribution in [-0.2, 0) is 10.0 Å². The molecule has 0 atom stereocenters. The lowest BCUT2D eigenvalue weighted by atomic mass is 10.0. The third-order valence-corrected chi connectivity index (χ3v) is 4.79. The van der Waals surface area contributed by atoms with Crippen LogP contribution in [0.5, 0.6) is 0 Å². The van der Waals surface area contributed by atoms with Crippen molar-refractivity contribution in [1.82, 2.24) is 0 Å². The number of rotatable bonds is 2. The van der Waals surface area contributed by atoms with Crippen LogP contribution in [0.2, 0.25) is 5.02 Å². The Bertz CT molecular complexity index is 568. The third kappa shape index (κ3) is 2.17. The molecule has 1 aromatic carbocycles. The first kappa shape index (κ1) is 12.4. The van der Waals surface area contributed by atoms with Gasteiger partial charge in [-0.2, -0.15) is 0 Å². The number of anilines is 1. The minimum absolute atomic E-state index is 0.0171. The Balaban J connectivity index is 2.58. The summed E-state index contributed by atoms with van der Waals surface area (Å²) < 4.78 is 25.1. The van der Waals surface area contributed by atoms with E-state index in [-0.39, 0.29) is 24.5 Å². The van der Waals surface area contributed by atoms with Gasteiger partial charge in [0.05, 0.1) is 11.4 Å². The quantitative estimate of drug-likeness (QED) is 0.829. The summed E-state index contributed by atoms with van der Waals surface area (Å²) in [7, 11) is -3.33. The Morgan fingerprint density at radius 3 is 2.76 bits per heavy atom. The average Bonchev–Trinajstić information content (AvgIpc) is 2.30. The molecule has 4 nitrogen and oxygen atoms in total. The number of carbonyl (C=O) groups is 1. The van der Waals surface area contributed by atoms with E-state index in [1.807, 2.05) is 0 Å². The number of carbonyl (C=O) groups excluding carboxylic acids is 1. The van der Waals surface area contributed by atoms with E-state index in [4.69, 9.17) is 11.6 Å². The molecule has 1 aromatic rings. The fourth-order valence-electron chi connectivity index (χ4n) is 1.85. The van der Waals surface area contributed by atoms with Crippen LogP contribution in [0.3, 0.4) is 0 Å². The highest BCUT2D eigenvalue weighted by Gasteiger charge is 2.29. The van der Waals surface area contributed by atoms with Gasteiger partial charge in [-0.15, -0.1) is 0 Å². The molecular weight excluding hydrogens is 262 g/mol. The number of nitrogens with zero attached hydrogens (tertiary/aromatic N) is 1. The molecule has 1 aliphatic rings. The molecule has 1 heterocycles. The molecule has 0 fully saturated rings. The van der Waals surface area contributed by atoms with Crippen molar-refractivity contribution in [3.05, 3.63) is 28.8 Å². The number of ketones is 1. The van der Waals surface area contributed by atoms with Gasteiger partial charge >= 0.3 is 0 Å². The fraction of sp³-hybridized carbons (Fsp3) is 0.364. The molecule has 17 heavy (non-hydrogen) atoms. The molecule has 0 radical (unpaired) electrons. The van der Waals surface area contributed by atoms with Gasteiger partial charge in [-0.25, -0.2) is 8.42 Å². The van der Waals surface area contributed by atoms with Crippen LogP contribution in [0.25, 0.3) is 0 Å². The number of fused-ring (bicyclic) bond motifs is 1. The number of Topliss-reactive ketones (excluding diaryl/α,β-unsaturated/α-hetero) is 1. The molecule has 1 aliphatic heterocycles. The SMILES string of the molecule is CCS(=O)(=O)N1CCC(=O)c2cc(Cl)ccc21. The highest BCUT2D eigenvalue weighted by Crippen LogP contribution is 2.31. The maximum Gasteiger partial charge on any atom is 0.234 e. The predicted molar refractivity (Wildman–Crippen MR) is 67.2 cm³/mol. The van der Waals surface area contributed by atoms with Crippen LogP contribution >= 0.6 is 11.6 Å². The van der Waals surface area contributed by atoms with E-state index in [0.29, 0.717) is 16.3 Å². The van der Waals surface area contributed by atoms with Crippen molar-refractivity contribution in [3.8, 4) is 0 Å². The third-order valence-electron chi connectivity index (χ3n) is 2.77. The van der Waals surface area contributed by atoms with Gasteiger partial charge in [0, 0.05) is 23.6 Å². The van der Waals surface area contributed by atoms with Gasteiger partial charge in [0.15, 0.2) is 5.78 Å². The Morgan fingerprint density at radius 1 is 1.41 bits per heavy atom. The van der Waals surface area contributed by atoms with Crippen molar-refractivity contribution >= 4 is 33.1 Å². The second-order valence-electron chi connectivity index (χ2n) is 3.81. The van der Waals surface area contributed by atoms with Gasteiger partial charge in [-0.3, -0.25) is 9.10 Å². The normalized spacial score (nSPS) is 15.9. The average molecular weight is 274 g/mol. The standard InChI is InChI=1S/C11H12ClNO3S/c1-2-17(15,16)13-6-5-11(14)9-7-8(12)3-4-10(9)13/h3-4,7H,2,5-6H2,1H3. The largest absolute Gasteiger partial charge is 0.294 e. The summed E-state index contributed by atoms with van der Waals surface area (Å²) in [6, 6.07) is 4.70. The topological polar surface area (TPSA) is 54.5 Å². The highest BCUT2D eigenvalue weighted by molar-refractivity contribution is 7.92. The maximum absolute atomic E-state index is 11.9. The molecule has 0 N–H and O–H groups in total. The smallest absolute Gasteiger partial charge is 0.234 e. The van der Waals surface area contributed by atoms with Crippen LogP contribution in [0, 0.1) is 0 Å². The van der Waals surface area contributed by atoms with E-state index in [0.717, 1.165) is 0 Å². The van der Waals surface area contributed by atoms with Gasteiger partial charge in [0.2, 0.25) is 10.0 Å². The summed E-state index contributed by atoms with van der Waals surface area (Å²) in [4.78, 5) is 11.7. The van der Waals surface area contributed by atoms with Gasteiger partial charge in [0.1, 0.15) is 0 Å². The fourth-order valence-corrected chi connectivity index (χ4v) is 3.16. The van der Waals surface area contributed by atoms with Crippen LogP contribution in [0.4, 0.5) is 5.69 Å². The molecule has 0 aromatic heterocycles. The summed E-state index contributed by atoms with van der Waals surface area (Å²) in [5.41, 5.74) is 0.827. The zero-order valence-electron chi connectivity index (χ0n) is 9.31. The van der Waals surface area contributed by atoms with Crippen LogP contribution in [0.15, 0.2) is 18.2 Å². The number of sulfonamides is 1. The summed E-state index contributed by atoms with van der Waals surface area (Å²) in [5.74, 6) is -0.0476. The lowest BCUT2D eigenvalue weighted by Crippen LogP contribution is -2.38. The summed E-state index contributed by atoms with van der Waals surface area (Å²) >= 11 is 5.82. The molecular formula is C11H12ClNO3S. The second-order valence-corrected chi connectivity index (χ2v) is 6.43. The Morgan fingerprint density at radius 2 is 2.12 bits per heavy atom. The maximum atomic E-state index is 11.9. The minimum Gasteiger partial charge on any atom is -0.294 e. The molecule has 0 amide bonds. The van der Waals surface area contributed by atoms with E-state index in [1.165, 1.54) is 10.4 Å². The summed E-state index contributed by atoms with van der Waals surface area (Å²) in [6.07, 6.45) is 0.201. The Kier molecular flexibility index (Phi) is 3.14. The van der Waals surface area contributed by atoms with Crippen molar-refractivity contribution in [2.75, 3.05) is 16.6 Å². The first-order valence-electron chi connectivity index (χ1n) is 5.29. The van der Waals surface area contributed by atoms with Crippen molar-refractivity contribution < 1.29 is 13.2 Å². The first-order chi connectivity index (χ1) is 7.95. The van der Waals surface area contributed by atoms with Gasteiger partial charge < -0.3 is 0 Å². The summed E-state index contributed by atoms with van der Waals surface area (Å²) in [5, 5.41) is 0.438. The van der Waals surface area contributed by atoms with E-state index in [2.05, 4.69) is 0 Å². The molecule has 0 bridgehead atoms. The minimum atomic E-state index is -3.33. The van der Waals surface area contributed by atoms with Crippen LogP contribution < -0.4 is 4.31 Å². The Labute approximate surface area is 105 Å². The van der Waals surface area contributed by atoms with Crippen LogP contribution in [-0.4, -0.2) is 26.5 Å². The van der Waals surface area contributed by atoms with Crippen molar-refractivity contribution in [2.45, 2.75) is 13.3 Å². The molecule has 92 valence electrons. The van der Waals surface area contributed by atoms with Crippen molar-refractivity contribution in [2.24, 2.45) is 0 Å². The molecule has 0 unspecified atom stereocenters. The zero-order valence-corrected chi connectivity index (χ0v) is 10.9. The molecule has 0 saturated carbocycles.